The largest absolute Gasteiger partial charge is 0.379 e. The molecule has 1 atom stereocenters. The van der Waals surface area contributed by atoms with E-state index in [0.29, 0.717) is 30.3 Å². The molecule has 7 nitrogen and oxygen atoms in total. The van der Waals surface area contributed by atoms with Gasteiger partial charge >= 0.3 is 0 Å². The normalized spacial score (nSPS) is 15.5. The van der Waals surface area contributed by atoms with Gasteiger partial charge in [-0.3, -0.25) is 9.69 Å². The Morgan fingerprint density at radius 3 is 2.61 bits per heavy atom. The zero-order chi connectivity index (χ0) is 21.6. The Labute approximate surface area is 187 Å². The predicted octanol–water partition coefficient (Wildman–Crippen LogP) is 3.42. The maximum Gasteiger partial charge on any atom is 0.251 e. The Balaban J connectivity index is 1.47. The van der Waals surface area contributed by atoms with E-state index in [-0.39, 0.29) is 11.9 Å². The van der Waals surface area contributed by atoms with E-state index in [2.05, 4.69) is 20.4 Å². The lowest BCUT2D eigenvalue weighted by molar-refractivity contribution is 0.0162. The van der Waals surface area contributed by atoms with Crippen LogP contribution in [0.25, 0.3) is 11.4 Å². The Hall–Kier alpha value is -2.74. The molecule has 1 saturated heterocycles. The third-order valence-corrected chi connectivity index (χ3v) is 5.91. The van der Waals surface area contributed by atoms with Crippen LogP contribution in [0.4, 0.5) is 0 Å². The number of benzene rings is 2. The predicted molar refractivity (Wildman–Crippen MR) is 120 cm³/mol. The summed E-state index contributed by atoms with van der Waals surface area (Å²) in [6.07, 6.45) is 1.70. The van der Waals surface area contributed by atoms with Gasteiger partial charge in [-0.15, -0.1) is 10.2 Å². The van der Waals surface area contributed by atoms with Crippen LogP contribution in [0.15, 0.2) is 54.9 Å². The van der Waals surface area contributed by atoms with Crippen LogP contribution >= 0.6 is 11.6 Å². The van der Waals surface area contributed by atoms with E-state index in [1.54, 1.807) is 6.33 Å². The summed E-state index contributed by atoms with van der Waals surface area (Å²) in [6.45, 7) is 6.26. The Bertz CT molecular complexity index is 1010. The maximum atomic E-state index is 12.8. The molecule has 1 aliphatic heterocycles. The molecule has 0 radical (unpaired) electrons. The van der Waals surface area contributed by atoms with E-state index >= 15 is 0 Å². The highest BCUT2D eigenvalue weighted by molar-refractivity contribution is 6.31. The topological polar surface area (TPSA) is 72.3 Å². The SMILES string of the molecule is CCn1cnnc1-c1ccc(C(=O)NC[C@H](c2ccccc2Cl)N2CCOCC2)cc1. The van der Waals surface area contributed by atoms with Crippen molar-refractivity contribution in [2.45, 2.75) is 19.5 Å². The first-order valence-electron chi connectivity index (χ1n) is 10.5. The second-order valence-electron chi connectivity index (χ2n) is 7.41. The molecule has 1 fully saturated rings. The molecule has 31 heavy (non-hydrogen) atoms. The van der Waals surface area contributed by atoms with Gasteiger partial charge in [-0.05, 0) is 30.7 Å². The number of ether oxygens (including phenoxy) is 1. The summed E-state index contributed by atoms with van der Waals surface area (Å²) >= 11 is 6.48. The van der Waals surface area contributed by atoms with Crippen molar-refractivity contribution in [1.82, 2.24) is 25.0 Å². The molecule has 4 rings (SSSR count). The molecule has 8 heteroatoms. The minimum Gasteiger partial charge on any atom is -0.379 e. The Morgan fingerprint density at radius 2 is 1.90 bits per heavy atom. The van der Waals surface area contributed by atoms with Crippen molar-refractivity contribution in [1.29, 1.82) is 0 Å². The lowest BCUT2D eigenvalue weighted by Gasteiger charge is -2.35. The van der Waals surface area contributed by atoms with Gasteiger partial charge in [0.1, 0.15) is 6.33 Å². The zero-order valence-electron chi connectivity index (χ0n) is 17.5. The first-order chi connectivity index (χ1) is 15.2. The van der Waals surface area contributed by atoms with Crippen molar-refractivity contribution < 1.29 is 9.53 Å². The van der Waals surface area contributed by atoms with E-state index < -0.39 is 0 Å². The smallest absolute Gasteiger partial charge is 0.251 e. The molecule has 0 aliphatic carbocycles. The van der Waals surface area contributed by atoms with Crippen LogP contribution in [0.2, 0.25) is 5.02 Å². The fraction of sp³-hybridized carbons (Fsp3) is 0.348. The highest BCUT2D eigenvalue weighted by Gasteiger charge is 2.25. The first-order valence-corrected chi connectivity index (χ1v) is 10.9. The van der Waals surface area contributed by atoms with E-state index in [1.807, 2.05) is 60.0 Å². The van der Waals surface area contributed by atoms with Crippen molar-refractivity contribution in [2.75, 3.05) is 32.8 Å². The number of halogens is 1. The minimum atomic E-state index is -0.117. The number of nitrogens with zero attached hydrogens (tertiary/aromatic N) is 4. The molecule has 2 aromatic carbocycles. The molecule has 0 saturated carbocycles. The molecular formula is C23H26ClN5O2. The summed E-state index contributed by atoms with van der Waals surface area (Å²) in [5.74, 6) is 0.675. The van der Waals surface area contributed by atoms with Crippen molar-refractivity contribution >= 4 is 17.5 Å². The van der Waals surface area contributed by atoms with Gasteiger partial charge in [0, 0.05) is 42.3 Å². The quantitative estimate of drug-likeness (QED) is 0.610. The standard InChI is InChI=1S/C23H26ClN5O2/c1-2-28-16-26-27-22(28)17-7-9-18(10-8-17)23(30)25-15-21(29-11-13-31-14-12-29)19-5-3-4-6-20(19)24/h3-10,16,21H,2,11-15H2,1H3,(H,25,30)/t21-/m1/s1. The molecule has 2 heterocycles. The van der Waals surface area contributed by atoms with Crippen LogP contribution in [-0.2, 0) is 11.3 Å². The number of hydrogen-bond acceptors (Lipinski definition) is 5. The molecule has 1 aliphatic rings. The molecule has 0 bridgehead atoms. The molecule has 3 aromatic rings. The number of morpholine rings is 1. The number of aromatic nitrogens is 3. The number of aryl methyl sites for hydroxylation is 1. The van der Waals surface area contributed by atoms with Crippen LogP contribution in [0.3, 0.4) is 0 Å². The summed E-state index contributed by atoms with van der Waals surface area (Å²) in [6, 6.07) is 15.2. The minimum absolute atomic E-state index is 0.0103. The third-order valence-electron chi connectivity index (χ3n) is 5.57. The molecular weight excluding hydrogens is 414 g/mol. The van der Waals surface area contributed by atoms with Gasteiger partial charge in [0.2, 0.25) is 0 Å². The lowest BCUT2D eigenvalue weighted by Crippen LogP contribution is -2.44. The monoisotopic (exact) mass is 439 g/mol. The first kappa shape index (κ1) is 21.5. The fourth-order valence-corrected chi connectivity index (χ4v) is 4.10. The van der Waals surface area contributed by atoms with Gasteiger partial charge in [0.05, 0.1) is 19.3 Å². The molecule has 0 spiro atoms. The Kier molecular flexibility index (Phi) is 6.96. The second kappa shape index (κ2) is 10.0. The highest BCUT2D eigenvalue weighted by atomic mass is 35.5. The van der Waals surface area contributed by atoms with Crippen LogP contribution in [0.1, 0.15) is 28.9 Å². The number of hydrogen-bond donors (Lipinski definition) is 1. The van der Waals surface area contributed by atoms with Crippen LogP contribution in [0, 0.1) is 0 Å². The van der Waals surface area contributed by atoms with Gasteiger partial charge in [-0.2, -0.15) is 0 Å². The number of nitrogens with one attached hydrogen (secondary N) is 1. The summed E-state index contributed by atoms with van der Waals surface area (Å²) in [4.78, 5) is 15.2. The second-order valence-corrected chi connectivity index (χ2v) is 7.82. The van der Waals surface area contributed by atoms with Gasteiger partial charge in [0.25, 0.3) is 5.91 Å². The number of amides is 1. The van der Waals surface area contributed by atoms with E-state index in [4.69, 9.17) is 16.3 Å². The van der Waals surface area contributed by atoms with Gasteiger partial charge in [-0.1, -0.05) is 41.9 Å². The zero-order valence-corrected chi connectivity index (χ0v) is 18.3. The van der Waals surface area contributed by atoms with Crippen LogP contribution in [-0.4, -0.2) is 58.4 Å². The van der Waals surface area contributed by atoms with Crippen molar-refractivity contribution in [3.63, 3.8) is 0 Å². The summed E-state index contributed by atoms with van der Waals surface area (Å²) in [5, 5.41) is 11.9. The maximum absolute atomic E-state index is 12.8. The van der Waals surface area contributed by atoms with Gasteiger partial charge in [-0.25, -0.2) is 0 Å². The fourth-order valence-electron chi connectivity index (χ4n) is 3.84. The average Bonchev–Trinajstić information content (AvgIpc) is 3.30. The highest BCUT2D eigenvalue weighted by Crippen LogP contribution is 2.28. The summed E-state index contributed by atoms with van der Waals surface area (Å²) in [5.41, 5.74) is 2.55. The summed E-state index contributed by atoms with van der Waals surface area (Å²) in [7, 11) is 0. The number of carbonyl (C=O) groups excluding carboxylic acids is 1. The van der Waals surface area contributed by atoms with Crippen molar-refractivity contribution in [3.05, 3.63) is 71.0 Å². The Morgan fingerprint density at radius 1 is 1.16 bits per heavy atom. The van der Waals surface area contributed by atoms with Gasteiger partial charge < -0.3 is 14.6 Å². The van der Waals surface area contributed by atoms with Gasteiger partial charge in [0.15, 0.2) is 5.82 Å². The molecule has 0 unspecified atom stereocenters. The number of rotatable bonds is 7. The molecule has 1 amide bonds. The lowest BCUT2D eigenvalue weighted by atomic mass is 10.0. The molecule has 1 aromatic heterocycles. The summed E-state index contributed by atoms with van der Waals surface area (Å²) < 4.78 is 7.46. The van der Waals surface area contributed by atoms with E-state index in [9.17, 15) is 4.79 Å². The van der Waals surface area contributed by atoms with Crippen molar-refractivity contribution in [3.8, 4) is 11.4 Å². The van der Waals surface area contributed by atoms with Crippen molar-refractivity contribution in [2.24, 2.45) is 0 Å². The van der Waals surface area contributed by atoms with Crippen LogP contribution < -0.4 is 5.32 Å². The van der Waals surface area contributed by atoms with Crippen LogP contribution in [0.5, 0.6) is 0 Å². The average molecular weight is 440 g/mol. The number of carbonyl (C=O) groups is 1. The van der Waals surface area contributed by atoms with E-state index in [1.165, 1.54) is 0 Å². The molecule has 162 valence electrons. The van der Waals surface area contributed by atoms with E-state index in [0.717, 1.165) is 36.6 Å². The third kappa shape index (κ3) is 4.95. The molecule has 1 N–H and O–H groups in total.